The molecule has 0 atom stereocenters. The molecule has 0 bridgehead atoms. The SMILES string of the molecule is COc1ccc(-c2cn3c(n2)COc2ccc(C)cc2-3)cc1. The Morgan fingerprint density at radius 2 is 1.95 bits per heavy atom. The molecule has 0 saturated heterocycles. The van der Waals surface area contributed by atoms with Crippen LogP contribution in [0.2, 0.25) is 0 Å². The number of hydrogen-bond donors (Lipinski definition) is 0. The molecule has 4 nitrogen and oxygen atoms in total. The van der Waals surface area contributed by atoms with Crippen molar-refractivity contribution in [3.63, 3.8) is 0 Å². The van der Waals surface area contributed by atoms with Crippen LogP contribution in [0.5, 0.6) is 11.5 Å². The van der Waals surface area contributed by atoms with Gasteiger partial charge in [0.1, 0.15) is 18.1 Å². The van der Waals surface area contributed by atoms with Crippen LogP contribution in [0.25, 0.3) is 16.9 Å². The molecule has 1 aromatic heterocycles. The molecule has 0 N–H and O–H groups in total. The maximum Gasteiger partial charge on any atom is 0.152 e. The smallest absolute Gasteiger partial charge is 0.152 e. The summed E-state index contributed by atoms with van der Waals surface area (Å²) in [7, 11) is 1.67. The lowest BCUT2D eigenvalue weighted by atomic mass is 10.1. The molecular weight excluding hydrogens is 276 g/mol. The molecule has 0 unspecified atom stereocenters. The van der Waals surface area contributed by atoms with Gasteiger partial charge in [0.25, 0.3) is 0 Å². The van der Waals surface area contributed by atoms with E-state index in [1.165, 1.54) is 5.56 Å². The summed E-state index contributed by atoms with van der Waals surface area (Å²) in [5.74, 6) is 2.66. The minimum absolute atomic E-state index is 0.492. The summed E-state index contributed by atoms with van der Waals surface area (Å²) >= 11 is 0. The first-order chi connectivity index (χ1) is 10.7. The van der Waals surface area contributed by atoms with Crippen LogP contribution in [-0.2, 0) is 6.61 Å². The summed E-state index contributed by atoms with van der Waals surface area (Å²) in [6.07, 6.45) is 2.07. The monoisotopic (exact) mass is 292 g/mol. The predicted octanol–water partition coefficient (Wildman–Crippen LogP) is 3.75. The third kappa shape index (κ3) is 2.04. The van der Waals surface area contributed by atoms with Gasteiger partial charge < -0.3 is 9.47 Å². The average molecular weight is 292 g/mol. The Hall–Kier alpha value is -2.75. The lowest BCUT2D eigenvalue weighted by Gasteiger charge is -2.19. The predicted molar refractivity (Wildman–Crippen MR) is 84.6 cm³/mol. The molecule has 22 heavy (non-hydrogen) atoms. The zero-order chi connectivity index (χ0) is 15.1. The van der Waals surface area contributed by atoms with Crippen LogP contribution < -0.4 is 9.47 Å². The first-order valence-electron chi connectivity index (χ1n) is 7.21. The van der Waals surface area contributed by atoms with Crippen molar-refractivity contribution in [3.8, 4) is 28.4 Å². The maximum absolute atomic E-state index is 5.79. The van der Waals surface area contributed by atoms with Crippen molar-refractivity contribution in [2.45, 2.75) is 13.5 Å². The van der Waals surface area contributed by atoms with E-state index in [9.17, 15) is 0 Å². The zero-order valence-corrected chi connectivity index (χ0v) is 12.5. The zero-order valence-electron chi connectivity index (χ0n) is 12.5. The van der Waals surface area contributed by atoms with Gasteiger partial charge in [0.15, 0.2) is 5.82 Å². The standard InChI is InChI=1S/C18H16N2O2/c1-12-3-8-17-16(9-12)20-10-15(19-18(20)11-22-17)13-4-6-14(21-2)7-5-13/h3-10H,11H2,1-2H3. The van der Waals surface area contributed by atoms with Crippen LogP contribution in [0, 0.1) is 6.92 Å². The molecule has 0 saturated carbocycles. The lowest BCUT2D eigenvalue weighted by Crippen LogP contribution is -2.12. The second-order valence-corrected chi connectivity index (χ2v) is 5.40. The molecule has 0 aliphatic carbocycles. The number of imidazole rings is 1. The van der Waals surface area contributed by atoms with Crippen molar-refractivity contribution >= 4 is 0 Å². The van der Waals surface area contributed by atoms with E-state index in [1.807, 2.05) is 30.3 Å². The fourth-order valence-corrected chi connectivity index (χ4v) is 2.71. The van der Waals surface area contributed by atoms with Gasteiger partial charge in [-0.05, 0) is 48.9 Å². The van der Waals surface area contributed by atoms with Gasteiger partial charge in [-0.25, -0.2) is 4.98 Å². The van der Waals surface area contributed by atoms with E-state index in [2.05, 4.69) is 29.8 Å². The van der Waals surface area contributed by atoms with Crippen LogP contribution >= 0.6 is 0 Å². The van der Waals surface area contributed by atoms with Gasteiger partial charge in [0.05, 0.1) is 18.5 Å². The minimum Gasteiger partial charge on any atom is -0.497 e. The van der Waals surface area contributed by atoms with Crippen LogP contribution in [0.1, 0.15) is 11.4 Å². The summed E-state index contributed by atoms with van der Waals surface area (Å²) in [6, 6.07) is 14.1. The average Bonchev–Trinajstić information content (AvgIpc) is 2.99. The van der Waals surface area contributed by atoms with Crippen molar-refractivity contribution in [2.24, 2.45) is 0 Å². The highest BCUT2D eigenvalue weighted by atomic mass is 16.5. The highest BCUT2D eigenvalue weighted by Gasteiger charge is 2.19. The topological polar surface area (TPSA) is 36.3 Å². The Morgan fingerprint density at radius 3 is 2.73 bits per heavy atom. The van der Waals surface area contributed by atoms with Crippen molar-refractivity contribution in [1.29, 1.82) is 0 Å². The number of fused-ring (bicyclic) bond motifs is 3. The Kier molecular flexibility index (Phi) is 2.89. The van der Waals surface area contributed by atoms with Crippen LogP contribution in [0.15, 0.2) is 48.7 Å². The van der Waals surface area contributed by atoms with Gasteiger partial charge in [-0.3, -0.25) is 4.57 Å². The van der Waals surface area contributed by atoms with Crippen LogP contribution in [0.3, 0.4) is 0 Å². The van der Waals surface area contributed by atoms with Gasteiger partial charge in [-0.2, -0.15) is 0 Å². The van der Waals surface area contributed by atoms with Crippen molar-refractivity contribution in [1.82, 2.24) is 9.55 Å². The summed E-state index contributed by atoms with van der Waals surface area (Å²) in [5, 5.41) is 0. The molecule has 0 amide bonds. The maximum atomic E-state index is 5.79. The van der Waals surface area contributed by atoms with Crippen LogP contribution in [-0.4, -0.2) is 16.7 Å². The normalized spacial score (nSPS) is 12.3. The summed E-state index contributed by atoms with van der Waals surface area (Å²) in [4.78, 5) is 4.70. The number of ether oxygens (including phenoxy) is 2. The molecular formula is C18H16N2O2. The third-order valence-corrected chi connectivity index (χ3v) is 3.90. The number of methoxy groups -OCH3 is 1. The second-order valence-electron chi connectivity index (χ2n) is 5.40. The quantitative estimate of drug-likeness (QED) is 0.721. The van der Waals surface area contributed by atoms with Gasteiger partial charge in [0.2, 0.25) is 0 Å². The number of aryl methyl sites for hydroxylation is 1. The Bertz CT molecular complexity index is 835. The highest BCUT2D eigenvalue weighted by Crippen LogP contribution is 2.32. The Morgan fingerprint density at radius 1 is 1.14 bits per heavy atom. The van der Waals surface area contributed by atoms with Gasteiger partial charge in [-0.1, -0.05) is 6.07 Å². The first kappa shape index (κ1) is 13.0. The van der Waals surface area contributed by atoms with E-state index in [4.69, 9.17) is 14.5 Å². The summed E-state index contributed by atoms with van der Waals surface area (Å²) in [6.45, 7) is 2.57. The molecule has 110 valence electrons. The molecule has 0 radical (unpaired) electrons. The summed E-state index contributed by atoms with van der Waals surface area (Å²) in [5.41, 5.74) is 4.26. The Balaban J connectivity index is 1.79. The fraction of sp³-hybridized carbons (Fsp3) is 0.167. The van der Waals surface area contributed by atoms with Crippen molar-refractivity contribution < 1.29 is 9.47 Å². The molecule has 0 spiro atoms. The minimum atomic E-state index is 0.492. The van der Waals surface area contributed by atoms with E-state index >= 15 is 0 Å². The molecule has 1 aliphatic heterocycles. The number of aromatic nitrogens is 2. The fourth-order valence-electron chi connectivity index (χ4n) is 2.71. The van der Waals surface area contributed by atoms with Gasteiger partial charge in [0, 0.05) is 11.8 Å². The molecule has 2 heterocycles. The second kappa shape index (κ2) is 4.91. The number of hydrogen-bond acceptors (Lipinski definition) is 3. The van der Waals surface area contributed by atoms with E-state index in [1.54, 1.807) is 7.11 Å². The molecule has 3 aromatic rings. The molecule has 4 heteroatoms. The number of benzene rings is 2. The van der Waals surface area contributed by atoms with Gasteiger partial charge >= 0.3 is 0 Å². The number of nitrogens with zero attached hydrogens (tertiary/aromatic N) is 2. The van der Waals surface area contributed by atoms with E-state index in [-0.39, 0.29) is 0 Å². The van der Waals surface area contributed by atoms with E-state index < -0.39 is 0 Å². The van der Waals surface area contributed by atoms with E-state index in [0.717, 1.165) is 34.3 Å². The highest BCUT2D eigenvalue weighted by molar-refractivity contribution is 5.62. The van der Waals surface area contributed by atoms with E-state index in [0.29, 0.717) is 6.61 Å². The molecule has 4 rings (SSSR count). The summed E-state index contributed by atoms with van der Waals surface area (Å²) < 4.78 is 13.1. The van der Waals surface area contributed by atoms with Gasteiger partial charge in [-0.15, -0.1) is 0 Å². The number of rotatable bonds is 2. The van der Waals surface area contributed by atoms with Crippen LogP contribution in [0.4, 0.5) is 0 Å². The molecule has 1 aliphatic rings. The lowest BCUT2D eigenvalue weighted by molar-refractivity contribution is 0.279. The molecule has 2 aromatic carbocycles. The molecule has 0 fully saturated rings. The third-order valence-electron chi connectivity index (χ3n) is 3.90. The Labute approximate surface area is 129 Å². The first-order valence-corrected chi connectivity index (χ1v) is 7.21. The largest absolute Gasteiger partial charge is 0.497 e. The van der Waals surface area contributed by atoms with Crippen molar-refractivity contribution in [3.05, 3.63) is 60.0 Å². The van der Waals surface area contributed by atoms with Crippen molar-refractivity contribution in [2.75, 3.05) is 7.11 Å².